The highest BCUT2D eigenvalue weighted by molar-refractivity contribution is 5.74. The molecule has 408 valence electrons. The Labute approximate surface area is 428 Å². The Balaban J connectivity index is 5.87. The summed E-state index contributed by atoms with van der Waals surface area (Å²) in [5, 5.41) is 0. The number of unbranched alkanes of at least 4 members (excludes halogenated alkanes) is 40. The summed E-state index contributed by atoms with van der Waals surface area (Å²) in [5.74, 6) is -4.77. The summed E-state index contributed by atoms with van der Waals surface area (Å²) in [5.41, 5.74) is 0. The van der Waals surface area contributed by atoms with E-state index in [9.17, 15) is 19.2 Å². The van der Waals surface area contributed by atoms with E-state index in [1.165, 1.54) is 180 Å². The van der Waals surface area contributed by atoms with E-state index in [-0.39, 0.29) is 32.1 Å². The minimum Gasteiger partial charge on any atom is -0.449 e. The molecule has 0 aromatic heterocycles. The lowest BCUT2D eigenvalue weighted by molar-refractivity contribution is -0.365. The molecule has 0 saturated carbocycles. The molecule has 0 rings (SSSR count). The Morgan fingerprint density at radius 3 is 0.652 bits per heavy atom. The number of carbonyl (C=O) groups excluding carboxylic acids is 4. The Kier molecular flexibility index (Phi) is 50.6. The molecular formula is C61H116O8. The summed E-state index contributed by atoms with van der Waals surface area (Å²) in [7, 11) is 0. The average Bonchev–Trinajstić information content (AvgIpc) is 3.33. The van der Waals surface area contributed by atoms with Crippen LogP contribution in [0.5, 0.6) is 0 Å². The van der Waals surface area contributed by atoms with Gasteiger partial charge in [0.1, 0.15) is 0 Å². The molecule has 8 heteroatoms. The van der Waals surface area contributed by atoms with Crippen LogP contribution in [-0.4, -0.2) is 36.0 Å². The van der Waals surface area contributed by atoms with Crippen LogP contribution in [0.25, 0.3) is 0 Å². The number of hydrogen-bond donors (Lipinski definition) is 0. The Hall–Kier alpha value is -2.12. The van der Waals surface area contributed by atoms with Crippen molar-refractivity contribution in [2.75, 3.05) is 0 Å². The zero-order valence-electron chi connectivity index (χ0n) is 46.7. The molecule has 0 bridgehead atoms. The molecule has 0 spiro atoms. The van der Waals surface area contributed by atoms with Gasteiger partial charge in [0.15, 0.2) is 0 Å². The number of ether oxygens (including phenoxy) is 4. The van der Waals surface area contributed by atoms with Gasteiger partial charge in [0, 0.05) is 25.7 Å². The zero-order valence-corrected chi connectivity index (χ0v) is 46.7. The second-order valence-electron chi connectivity index (χ2n) is 20.9. The van der Waals surface area contributed by atoms with Crippen molar-refractivity contribution in [1.29, 1.82) is 0 Å². The van der Waals surface area contributed by atoms with Gasteiger partial charge in [-0.25, -0.2) is 0 Å². The van der Waals surface area contributed by atoms with Crippen molar-refractivity contribution in [3.8, 4) is 0 Å². The first-order valence-electron chi connectivity index (χ1n) is 30.6. The fraction of sp³-hybridized carbons (Fsp3) is 0.934. The van der Waals surface area contributed by atoms with Crippen LogP contribution in [0.15, 0.2) is 0 Å². The van der Waals surface area contributed by atoms with Crippen LogP contribution in [0.1, 0.15) is 356 Å². The van der Waals surface area contributed by atoms with E-state index >= 15 is 0 Å². The highest BCUT2D eigenvalue weighted by Crippen LogP contribution is 2.31. The van der Waals surface area contributed by atoms with Gasteiger partial charge in [-0.1, -0.05) is 298 Å². The van der Waals surface area contributed by atoms with Crippen LogP contribution < -0.4 is 0 Å². The van der Waals surface area contributed by atoms with Crippen molar-refractivity contribution in [2.45, 2.75) is 368 Å². The number of carbonyl (C=O) groups is 4. The predicted octanol–water partition coefficient (Wildman–Crippen LogP) is 19.8. The van der Waals surface area contributed by atoms with Crippen LogP contribution in [0.4, 0.5) is 0 Å². The molecule has 0 saturated heterocycles. The van der Waals surface area contributed by atoms with E-state index in [1.54, 1.807) is 0 Å². The molecule has 0 aliphatic heterocycles. The van der Waals surface area contributed by atoms with Crippen molar-refractivity contribution in [2.24, 2.45) is 0 Å². The highest BCUT2D eigenvalue weighted by Gasteiger charge is 2.53. The SMILES string of the molecule is CCCCCCCCCCCCCC(=O)OC(CCC)C(OC(=O)CCCCCCCCCCCCC)(OC(=O)CCCCCCCCCCCCC)OC(=O)CCCCCCCCCCCCC. The zero-order chi connectivity index (χ0) is 50.6. The second-order valence-corrected chi connectivity index (χ2v) is 20.9. The maximum atomic E-state index is 13.8. The molecule has 0 amide bonds. The number of hydrogen-bond acceptors (Lipinski definition) is 8. The van der Waals surface area contributed by atoms with Crippen LogP contribution in [0.3, 0.4) is 0 Å². The normalized spacial score (nSPS) is 12.0. The molecule has 0 aliphatic rings. The molecule has 0 N–H and O–H groups in total. The van der Waals surface area contributed by atoms with Gasteiger partial charge in [-0.05, 0) is 32.1 Å². The van der Waals surface area contributed by atoms with Gasteiger partial charge in [0.2, 0.25) is 6.10 Å². The lowest BCUT2D eigenvalue weighted by Gasteiger charge is -2.36. The first-order valence-corrected chi connectivity index (χ1v) is 30.6. The third-order valence-electron chi connectivity index (χ3n) is 13.9. The van der Waals surface area contributed by atoms with Gasteiger partial charge in [0.25, 0.3) is 0 Å². The monoisotopic (exact) mass is 977 g/mol. The maximum Gasteiger partial charge on any atom is 0.463 e. The Morgan fingerprint density at radius 1 is 0.261 bits per heavy atom. The lowest BCUT2D eigenvalue weighted by atomic mass is 10.1. The van der Waals surface area contributed by atoms with Gasteiger partial charge in [-0.15, -0.1) is 0 Å². The molecule has 8 nitrogen and oxygen atoms in total. The van der Waals surface area contributed by atoms with Crippen molar-refractivity contribution < 1.29 is 38.1 Å². The van der Waals surface area contributed by atoms with Gasteiger partial charge < -0.3 is 18.9 Å². The number of esters is 4. The van der Waals surface area contributed by atoms with E-state index < -0.39 is 36.0 Å². The van der Waals surface area contributed by atoms with Crippen molar-refractivity contribution >= 4 is 23.9 Å². The predicted molar refractivity (Wildman–Crippen MR) is 290 cm³/mol. The third kappa shape index (κ3) is 44.3. The topological polar surface area (TPSA) is 105 Å². The smallest absolute Gasteiger partial charge is 0.449 e. The molecule has 1 unspecified atom stereocenters. The second kappa shape index (κ2) is 52.2. The van der Waals surface area contributed by atoms with E-state index in [0.29, 0.717) is 32.1 Å². The van der Waals surface area contributed by atoms with Crippen LogP contribution in [0, 0.1) is 0 Å². The van der Waals surface area contributed by atoms with E-state index in [2.05, 4.69) is 27.7 Å². The maximum absolute atomic E-state index is 13.8. The first-order chi connectivity index (χ1) is 33.8. The molecule has 0 heterocycles. The van der Waals surface area contributed by atoms with Crippen molar-refractivity contribution in [3.63, 3.8) is 0 Å². The van der Waals surface area contributed by atoms with Crippen LogP contribution in [-0.2, 0) is 38.1 Å². The summed E-state index contributed by atoms with van der Waals surface area (Å²) in [6.07, 6.45) is 50.6. The fourth-order valence-electron chi connectivity index (χ4n) is 9.41. The Bertz CT molecular complexity index is 1040. The molecule has 0 aliphatic carbocycles. The number of rotatable bonds is 55. The van der Waals surface area contributed by atoms with Gasteiger partial charge in [0.05, 0.1) is 0 Å². The van der Waals surface area contributed by atoms with E-state index in [4.69, 9.17) is 18.9 Å². The van der Waals surface area contributed by atoms with Crippen molar-refractivity contribution in [1.82, 2.24) is 0 Å². The third-order valence-corrected chi connectivity index (χ3v) is 13.9. The first kappa shape index (κ1) is 66.9. The summed E-state index contributed by atoms with van der Waals surface area (Å²) < 4.78 is 24.4. The lowest BCUT2D eigenvalue weighted by Crippen LogP contribution is -2.55. The summed E-state index contributed by atoms with van der Waals surface area (Å²) in [4.78, 5) is 55.1. The summed E-state index contributed by atoms with van der Waals surface area (Å²) in [6, 6.07) is 0. The van der Waals surface area contributed by atoms with Gasteiger partial charge >= 0.3 is 29.9 Å². The highest BCUT2D eigenvalue weighted by atomic mass is 16.9. The van der Waals surface area contributed by atoms with Gasteiger partial charge in [-0.2, -0.15) is 0 Å². The average molecular weight is 978 g/mol. The van der Waals surface area contributed by atoms with E-state index in [0.717, 1.165) is 77.0 Å². The molecular weight excluding hydrogens is 861 g/mol. The minimum atomic E-state index is -2.47. The molecule has 0 radical (unpaired) electrons. The summed E-state index contributed by atoms with van der Waals surface area (Å²) >= 11 is 0. The minimum absolute atomic E-state index is 0.0939. The van der Waals surface area contributed by atoms with Crippen LogP contribution in [0.2, 0.25) is 0 Å². The van der Waals surface area contributed by atoms with Crippen molar-refractivity contribution in [3.05, 3.63) is 0 Å². The summed E-state index contributed by atoms with van der Waals surface area (Å²) in [6.45, 7) is 10.9. The van der Waals surface area contributed by atoms with Gasteiger partial charge in [-0.3, -0.25) is 19.2 Å². The molecule has 69 heavy (non-hydrogen) atoms. The molecule has 1 atom stereocenters. The van der Waals surface area contributed by atoms with Crippen LogP contribution >= 0.6 is 0 Å². The standard InChI is InChI=1S/C61H116O8/c1-6-11-15-19-23-27-31-35-39-43-47-52-57(62)66-56(51-10-5)61(67-58(63)53-48-44-40-36-32-28-24-20-16-12-7-2,68-59(64)54-49-45-41-37-33-29-25-21-17-13-8-3)69-60(65)55-50-46-42-38-34-30-26-22-18-14-9-4/h56H,6-55H2,1-5H3. The Morgan fingerprint density at radius 2 is 0.449 bits per heavy atom. The largest absolute Gasteiger partial charge is 0.463 e. The molecule has 0 aromatic carbocycles. The quantitative estimate of drug-likeness (QED) is 0.0337. The molecule has 0 fully saturated rings. The fourth-order valence-corrected chi connectivity index (χ4v) is 9.41. The molecule has 0 aromatic rings. The van der Waals surface area contributed by atoms with E-state index in [1.807, 2.05) is 6.92 Å².